The molecule has 0 atom stereocenters. The number of rotatable bonds is 6. The van der Waals surface area contributed by atoms with Crippen molar-refractivity contribution in [1.82, 2.24) is 4.98 Å². The molecule has 1 rings (SSSR count). The third-order valence-corrected chi connectivity index (χ3v) is 4.25. The van der Waals surface area contributed by atoms with Crippen LogP contribution in [-0.4, -0.2) is 15.5 Å². The van der Waals surface area contributed by atoms with Crippen LogP contribution >= 0.6 is 23.5 Å². The molecule has 1 aromatic heterocycles. The van der Waals surface area contributed by atoms with Crippen molar-refractivity contribution in [2.24, 2.45) is 0 Å². The van der Waals surface area contributed by atoms with Crippen molar-refractivity contribution in [1.29, 1.82) is 0 Å². The van der Waals surface area contributed by atoms with Gasteiger partial charge in [0.15, 0.2) is 0 Å². The van der Waals surface area contributed by atoms with Crippen molar-refractivity contribution in [3.63, 3.8) is 0 Å². The summed E-state index contributed by atoms with van der Waals surface area (Å²) < 4.78 is 0. The first-order chi connectivity index (χ1) is 7.58. The van der Waals surface area contributed by atoms with E-state index < -0.39 is 0 Å². The van der Waals surface area contributed by atoms with Crippen molar-refractivity contribution in [3.05, 3.63) is 29.6 Å². The molecule has 0 aliphatic heterocycles. The zero-order chi connectivity index (χ0) is 12.0. The molecule has 1 heterocycles. The molecule has 1 nitrogen and oxygen atoms in total. The Kier molecular flexibility index (Phi) is 9.67. The van der Waals surface area contributed by atoms with Crippen LogP contribution in [0.15, 0.2) is 18.2 Å². The van der Waals surface area contributed by atoms with Crippen molar-refractivity contribution < 1.29 is 19.5 Å². The van der Waals surface area contributed by atoms with Crippen LogP contribution in [-0.2, 0) is 31.0 Å². The summed E-state index contributed by atoms with van der Waals surface area (Å²) in [6.07, 6.45) is 0. The Morgan fingerprint density at radius 1 is 0.941 bits per heavy atom. The van der Waals surface area contributed by atoms with E-state index in [-0.39, 0.29) is 19.5 Å². The Morgan fingerprint density at radius 2 is 1.35 bits per heavy atom. The van der Waals surface area contributed by atoms with Crippen LogP contribution < -0.4 is 0 Å². The molecule has 0 amide bonds. The van der Waals surface area contributed by atoms with E-state index in [9.17, 15) is 0 Å². The van der Waals surface area contributed by atoms with Gasteiger partial charge in [-0.1, -0.05) is 33.8 Å². The van der Waals surface area contributed by atoms with Crippen molar-refractivity contribution in [2.75, 3.05) is 0 Å². The van der Waals surface area contributed by atoms with Crippen LogP contribution in [0.3, 0.4) is 0 Å². The van der Waals surface area contributed by atoms with E-state index in [1.165, 1.54) is 11.4 Å². The van der Waals surface area contributed by atoms with Gasteiger partial charge in [-0.05, 0) is 22.6 Å². The summed E-state index contributed by atoms with van der Waals surface area (Å²) in [5, 5.41) is 1.35. The largest absolute Gasteiger partial charge is 0.256 e. The van der Waals surface area contributed by atoms with E-state index >= 15 is 0 Å². The maximum Gasteiger partial charge on any atom is 0.0506 e. The Bertz CT molecular complexity index is 289. The average Bonchev–Trinajstić information content (AvgIpc) is 2.24. The number of nitrogens with zero attached hydrogens (tertiary/aromatic N) is 1. The fourth-order valence-electron chi connectivity index (χ4n) is 1.19. The summed E-state index contributed by atoms with van der Waals surface area (Å²) in [6, 6.07) is 6.37. The van der Waals surface area contributed by atoms with Crippen molar-refractivity contribution in [2.45, 2.75) is 49.7 Å². The molecule has 17 heavy (non-hydrogen) atoms. The van der Waals surface area contributed by atoms with E-state index in [0.29, 0.717) is 10.5 Å². The zero-order valence-electron chi connectivity index (χ0n) is 10.9. The molecule has 0 aromatic carbocycles. The van der Waals surface area contributed by atoms with Gasteiger partial charge in [-0.3, -0.25) is 4.98 Å². The van der Waals surface area contributed by atoms with Gasteiger partial charge in [0, 0.05) is 31.0 Å². The third kappa shape index (κ3) is 8.23. The fourth-order valence-corrected chi connectivity index (χ4v) is 2.52. The first kappa shape index (κ1) is 17.5. The number of hydrogen-bond donors (Lipinski definition) is 0. The molecule has 0 saturated heterocycles. The molecule has 1 aromatic rings. The molecular weight excluding hydrogens is 337 g/mol. The number of aromatic nitrogens is 1. The van der Waals surface area contributed by atoms with E-state index in [2.05, 4.69) is 50.9 Å². The van der Waals surface area contributed by atoms with Gasteiger partial charge in [-0.15, -0.1) is 0 Å². The monoisotopic (exact) mass is 358 g/mol. The minimum atomic E-state index is 0. The van der Waals surface area contributed by atoms with Crippen LogP contribution in [0.1, 0.15) is 39.1 Å². The maximum atomic E-state index is 4.68. The molecule has 0 spiro atoms. The molecular formula is C13H21NRhS2. The predicted octanol–water partition coefficient (Wildman–Crippen LogP) is 4.36. The molecule has 0 fully saturated rings. The topological polar surface area (TPSA) is 12.9 Å². The van der Waals surface area contributed by atoms with Crippen LogP contribution in [0.4, 0.5) is 0 Å². The minimum absolute atomic E-state index is 0. The van der Waals surface area contributed by atoms with Crippen LogP contribution in [0.5, 0.6) is 0 Å². The van der Waals surface area contributed by atoms with E-state index in [1.807, 2.05) is 23.5 Å². The Labute approximate surface area is 127 Å². The van der Waals surface area contributed by atoms with Crippen LogP contribution in [0.25, 0.3) is 0 Å². The average molecular weight is 358 g/mol. The van der Waals surface area contributed by atoms with Gasteiger partial charge in [0.25, 0.3) is 0 Å². The number of thioether (sulfide) groups is 2. The summed E-state index contributed by atoms with van der Waals surface area (Å²) in [6.45, 7) is 8.90. The quantitative estimate of drug-likeness (QED) is 0.701. The second-order valence-corrected chi connectivity index (χ2v) is 7.47. The summed E-state index contributed by atoms with van der Waals surface area (Å²) >= 11 is 3.90. The second-order valence-electron chi connectivity index (χ2n) is 4.34. The molecule has 0 bridgehead atoms. The minimum Gasteiger partial charge on any atom is -0.256 e. The first-order valence-corrected chi connectivity index (χ1v) is 7.85. The summed E-state index contributed by atoms with van der Waals surface area (Å²) in [5.74, 6) is 2.05. The second kappa shape index (κ2) is 9.41. The molecule has 0 unspecified atom stereocenters. The van der Waals surface area contributed by atoms with E-state index in [4.69, 9.17) is 0 Å². The smallest absolute Gasteiger partial charge is 0.0506 e. The maximum absolute atomic E-state index is 4.68. The van der Waals surface area contributed by atoms with E-state index in [1.54, 1.807) is 0 Å². The van der Waals surface area contributed by atoms with E-state index in [0.717, 1.165) is 11.5 Å². The van der Waals surface area contributed by atoms with Crippen molar-refractivity contribution >= 4 is 23.5 Å². The van der Waals surface area contributed by atoms with Gasteiger partial charge < -0.3 is 0 Å². The van der Waals surface area contributed by atoms with Gasteiger partial charge in [-0.2, -0.15) is 23.5 Å². The van der Waals surface area contributed by atoms with Gasteiger partial charge >= 0.3 is 0 Å². The van der Waals surface area contributed by atoms with Gasteiger partial charge in [0.2, 0.25) is 0 Å². The van der Waals surface area contributed by atoms with Gasteiger partial charge in [-0.25, -0.2) is 0 Å². The SMILES string of the molecule is CC(C)SCc1cccc(CSC(C)C)n1.[Rh]. The Balaban J connectivity index is 0.00000256. The fraction of sp³-hybridized carbons (Fsp3) is 0.615. The Hall–Kier alpha value is 0.473. The van der Waals surface area contributed by atoms with Gasteiger partial charge in [0.05, 0.1) is 11.4 Å². The third-order valence-electron chi connectivity index (χ3n) is 1.99. The molecule has 4 heteroatoms. The predicted molar refractivity (Wildman–Crippen MR) is 77.1 cm³/mol. The summed E-state index contributed by atoms with van der Waals surface area (Å²) in [5.41, 5.74) is 2.42. The molecule has 99 valence electrons. The summed E-state index contributed by atoms with van der Waals surface area (Å²) in [7, 11) is 0. The molecule has 0 saturated carbocycles. The molecule has 0 N–H and O–H groups in total. The van der Waals surface area contributed by atoms with Gasteiger partial charge in [0.1, 0.15) is 0 Å². The first-order valence-electron chi connectivity index (χ1n) is 5.76. The normalized spacial score (nSPS) is 10.7. The zero-order valence-corrected chi connectivity index (χ0v) is 14.2. The number of hydrogen-bond acceptors (Lipinski definition) is 3. The van der Waals surface area contributed by atoms with Crippen molar-refractivity contribution in [3.8, 4) is 0 Å². The molecule has 0 aliphatic carbocycles. The number of pyridine rings is 1. The molecule has 1 radical (unpaired) electrons. The van der Waals surface area contributed by atoms with Crippen LogP contribution in [0.2, 0.25) is 0 Å². The Morgan fingerprint density at radius 3 is 1.71 bits per heavy atom. The standard InChI is InChI=1S/C13H21NS2.Rh/c1-10(2)15-8-12-6-5-7-13(14-12)9-16-11(3)4;/h5-7,10-11H,8-9H2,1-4H3;. The summed E-state index contributed by atoms with van der Waals surface area (Å²) in [4.78, 5) is 4.68. The molecule has 0 aliphatic rings. The van der Waals surface area contributed by atoms with Crippen LogP contribution in [0, 0.1) is 0 Å².